The Morgan fingerprint density at radius 3 is 2.71 bits per heavy atom. The summed E-state index contributed by atoms with van der Waals surface area (Å²) in [5.41, 5.74) is 0.650. The van der Waals surface area contributed by atoms with Gasteiger partial charge in [0.25, 0.3) is 0 Å². The summed E-state index contributed by atoms with van der Waals surface area (Å²) in [5.74, 6) is -0.226. The summed E-state index contributed by atoms with van der Waals surface area (Å²) in [6, 6.07) is 0.505. The molecule has 4 heteroatoms. The third-order valence-corrected chi connectivity index (χ3v) is 4.12. The molecular weight excluding hydrogens is 218 g/mol. The van der Waals surface area contributed by atoms with Gasteiger partial charge in [0, 0.05) is 30.5 Å². The van der Waals surface area contributed by atoms with E-state index in [1.807, 2.05) is 14.0 Å². The van der Waals surface area contributed by atoms with Gasteiger partial charge in [-0.05, 0) is 27.3 Å². The number of nitrogens with zero attached hydrogens (tertiary/aromatic N) is 1. The standard InChI is InChI=1S/C13H21NO3/c1-4-8(2)13(16)17-10-5-9-6-12(15)11(7-10)14(9)3/h4,9-12,15H,5-7H2,1-3H3/b8-4+/t9-,10-,11+,12-/m1/s1. The summed E-state index contributed by atoms with van der Waals surface area (Å²) in [7, 11) is 2.04. The van der Waals surface area contributed by atoms with Crippen molar-refractivity contribution in [3.05, 3.63) is 11.6 Å². The summed E-state index contributed by atoms with van der Waals surface area (Å²) in [4.78, 5) is 13.9. The molecule has 0 aromatic rings. The minimum Gasteiger partial charge on any atom is -0.459 e. The van der Waals surface area contributed by atoms with Crippen molar-refractivity contribution in [3.63, 3.8) is 0 Å². The van der Waals surface area contributed by atoms with Crippen LogP contribution in [0.4, 0.5) is 0 Å². The predicted octanol–water partition coefficient (Wildman–Crippen LogP) is 1.09. The van der Waals surface area contributed by atoms with E-state index in [4.69, 9.17) is 4.74 Å². The Morgan fingerprint density at radius 1 is 1.41 bits per heavy atom. The van der Waals surface area contributed by atoms with Gasteiger partial charge in [-0.2, -0.15) is 0 Å². The van der Waals surface area contributed by atoms with E-state index in [9.17, 15) is 9.90 Å². The lowest BCUT2D eigenvalue weighted by Crippen LogP contribution is -2.45. The molecule has 0 radical (unpaired) electrons. The van der Waals surface area contributed by atoms with Crippen molar-refractivity contribution >= 4 is 5.97 Å². The fourth-order valence-electron chi connectivity index (χ4n) is 2.86. The summed E-state index contributed by atoms with van der Waals surface area (Å²) in [5, 5.41) is 9.88. The fourth-order valence-corrected chi connectivity index (χ4v) is 2.86. The van der Waals surface area contributed by atoms with Crippen LogP contribution in [0.5, 0.6) is 0 Å². The van der Waals surface area contributed by atoms with E-state index in [0.717, 1.165) is 19.3 Å². The highest BCUT2D eigenvalue weighted by atomic mass is 16.5. The number of carbonyl (C=O) groups excluding carboxylic acids is 1. The molecule has 96 valence electrons. The van der Waals surface area contributed by atoms with E-state index < -0.39 is 0 Å². The Hall–Kier alpha value is -0.870. The molecule has 4 atom stereocenters. The zero-order valence-electron chi connectivity index (χ0n) is 10.7. The van der Waals surface area contributed by atoms with Gasteiger partial charge in [-0.15, -0.1) is 0 Å². The van der Waals surface area contributed by atoms with Crippen molar-refractivity contribution in [1.29, 1.82) is 0 Å². The first kappa shape index (κ1) is 12.6. The van der Waals surface area contributed by atoms with Gasteiger partial charge >= 0.3 is 5.97 Å². The number of fused-ring (bicyclic) bond motifs is 2. The first-order chi connectivity index (χ1) is 8.02. The van der Waals surface area contributed by atoms with E-state index in [1.54, 1.807) is 13.0 Å². The van der Waals surface area contributed by atoms with Gasteiger partial charge in [0.1, 0.15) is 6.10 Å². The Labute approximate surface area is 102 Å². The molecule has 2 fully saturated rings. The minimum absolute atomic E-state index is 0.0410. The van der Waals surface area contributed by atoms with Crippen molar-refractivity contribution in [2.45, 2.75) is 57.4 Å². The maximum atomic E-state index is 11.7. The number of hydrogen-bond acceptors (Lipinski definition) is 4. The SMILES string of the molecule is C/C=C(\C)C(=O)O[C@@H]1C[C@@H]2C[C@@H](O)[C@H](C1)N2C. The monoisotopic (exact) mass is 239 g/mol. The van der Waals surface area contributed by atoms with Crippen LogP contribution in [0.1, 0.15) is 33.1 Å². The molecule has 0 aromatic heterocycles. The minimum atomic E-state index is -0.267. The van der Waals surface area contributed by atoms with E-state index in [2.05, 4.69) is 4.90 Å². The largest absolute Gasteiger partial charge is 0.459 e. The average Bonchev–Trinajstić information content (AvgIpc) is 2.49. The van der Waals surface area contributed by atoms with Gasteiger partial charge < -0.3 is 9.84 Å². The molecule has 2 aliphatic heterocycles. The van der Waals surface area contributed by atoms with E-state index in [1.165, 1.54) is 0 Å². The first-order valence-electron chi connectivity index (χ1n) is 6.26. The molecule has 0 aliphatic carbocycles. The molecule has 17 heavy (non-hydrogen) atoms. The number of aliphatic hydroxyl groups is 1. The second kappa shape index (κ2) is 4.78. The van der Waals surface area contributed by atoms with Crippen LogP contribution in [0.2, 0.25) is 0 Å². The maximum absolute atomic E-state index is 11.7. The highest BCUT2D eigenvalue weighted by Gasteiger charge is 2.45. The van der Waals surface area contributed by atoms with E-state index in [-0.39, 0.29) is 24.2 Å². The average molecular weight is 239 g/mol. The van der Waals surface area contributed by atoms with Gasteiger partial charge in [0.2, 0.25) is 0 Å². The lowest BCUT2D eigenvalue weighted by Gasteiger charge is -2.36. The Balaban J connectivity index is 1.96. The van der Waals surface area contributed by atoms with Crippen LogP contribution in [0, 0.1) is 0 Å². The van der Waals surface area contributed by atoms with Crippen molar-refractivity contribution in [1.82, 2.24) is 4.90 Å². The number of rotatable bonds is 2. The smallest absolute Gasteiger partial charge is 0.333 e. The third kappa shape index (κ3) is 2.38. The second-order valence-corrected chi connectivity index (χ2v) is 5.16. The summed E-state index contributed by atoms with van der Waals surface area (Å²) in [6.45, 7) is 3.60. The molecular formula is C13H21NO3. The van der Waals surface area contributed by atoms with Crippen molar-refractivity contribution in [2.75, 3.05) is 7.05 Å². The quantitative estimate of drug-likeness (QED) is 0.579. The molecule has 2 aliphatic rings. The van der Waals surface area contributed by atoms with Gasteiger partial charge in [-0.3, -0.25) is 4.90 Å². The molecule has 1 N–H and O–H groups in total. The molecule has 0 unspecified atom stereocenters. The fraction of sp³-hybridized carbons (Fsp3) is 0.769. The number of piperidine rings is 1. The van der Waals surface area contributed by atoms with Gasteiger partial charge in [-0.25, -0.2) is 4.79 Å². The molecule has 2 rings (SSSR count). The number of likely N-dealkylation sites (N-methyl/N-ethyl adjacent to an activating group) is 1. The Bertz CT molecular complexity index is 340. The van der Waals surface area contributed by atoms with E-state index in [0.29, 0.717) is 11.6 Å². The van der Waals surface area contributed by atoms with Crippen LogP contribution in [-0.2, 0) is 9.53 Å². The number of hydrogen-bond donors (Lipinski definition) is 1. The van der Waals surface area contributed by atoms with Crippen LogP contribution < -0.4 is 0 Å². The number of allylic oxidation sites excluding steroid dienone is 1. The topological polar surface area (TPSA) is 49.8 Å². The van der Waals surface area contributed by atoms with Crippen LogP contribution in [0.25, 0.3) is 0 Å². The predicted molar refractivity (Wildman–Crippen MR) is 64.5 cm³/mol. The van der Waals surface area contributed by atoms with Crippen molar-refractivity contribution in [2.24, 2.45) is 0 Å². The molecule has 2 heterocycles. The highest BCUT2D eigenvalue weighted by Crippen LogP contribution is 2.35. The van der Waals surface area contributed by atoms with Gasteiger partial charge in [0.05, 0.1) is 6.10 Å². The number of carbonyl (C=O) groups is 1. The normalized spacial score (nSPS) is 38.2. The van der Waals surface area contributed by atoms with Crippen LogP contribution in [0.3, 0.4) is 0 Å². The molecule has 2 saturated heterocycles. The highest BCUT2D eigenvalue weighted by molar-refractivity contribution is 5.87. The number of aliphatic hydroxyl groups excluding tert-OH is 1. The summed E-state index contributed by atoms with van der Waals surface area (Å²) in [6.07, 6.45) is 3.85. The number of esters is 1. The van der Waals surface area contributed by atoms with Gasteiger partial charge in [0.15, 0.2) is 0 Å². The first-order valence-corrected chi connectivity index (χ1v) is 6.26. The lowest BCUT2D eigenvalue weighted by atomic mass is 10.00. The Kier molecular flexibility index (Phi) is 3.54. The van der Waals surface area contributed by atoms with Crippen molar-refractivity contribution in [3.8, 4) is 0 Å². The Morgan fingerprint density at radius 2 is 2.12 bits per heavy atom. The van der Waals surface area contributed by atoms with Crippen LogP contribution in [-0.4, -0.2) is 47.3 Å². The zero-order valence-corrected chi connectivity index (χ0v) is 10.7. The van der Waals surface area contributed by atoms with Crippen LogP contribution >= 0.6 is 0 Å². The molecule has 0 spiro atoms. The summed E-state index contributed by atoms with van der Waals surface area (Å²) < 4.78 is 5.48. The van der Waals surface area contributed by atoms with Crippen molar-refractivity contribution < 1.29 is 14.6 Å². The molecule has 0 aromatic carbocycles. The second-order valence-electron chi connectivity index (χ2n) is 5.16. The van der Waals surface area contributed by atoms with Crippen LogP contribution in [0.15, 0.2) is 11.6 Å². The lowest BCUT2D eigenvalue weighted by molar-refractivity contribution is -0.147. The zero-order chi connectivity index (χ0) is 12.6. The maximum Gasteiger partial charge on any atom is 0.333 e. The number of ether oxygens (including phenoxy) is 1. The van der Waals surface area contributed by atoms with E-state index >= 15 is 0 Å². The molecule has 4 nitrogen and oxygen atoms in total. The third-order valence-electron chi connectivity index (χ3n) is 4.12. The molecule has 2 bridgehead atoms. The van der Waals surface area contributed by atoms with Gasteiger partial charge in [-0.1, -0.05) is 6.08 Å². The summed E-state index contributed by atoms with van der Waals surface area (Å²) >= 11 is 0. The molecule has 0 amide bonds. The molecule has 0 saturated carbocycles.